The van der Waals surface area contributed by atoms with Crippen LogP contribution < -0.4 is 5.32 Å². The van der Waals surface area contributed by atoms with Gasteiger partial charge in [0.25, 0.3) is 0 Å². The molecule has 0 saturated carbocycles. The summed E-state index contributed by atoms with van der Waals surface area (Å²) in [6.45, 7) is 9.08. The molecule has 1 aliphatic heterocycles. The summed E-state index contributed by atoms with van der Waals surface area (Å²) in [5.74, 6) is 0.573. The van der Waals surface area contributed by atoms with Crippen LogP contribution in [-0.2, 0) is 4.79 Å². The second-order valence-corrected chi connectivity index (χ2v) is 4.86. The topological polar surface area (TPSA) is 32.3 Å². The van der Waals surface area contributed by atoms with Crippen molar-refractivity contribution >= 4 is 5.91 Å². The summed E-state index contributed by atoms with van der Waals surface area (Å²) in [6, 6.07) is 0.578. The van der Waals surface area contributed by atoms with Crippen molar-refractivity contribution in [1.82, 2.24) is 10.2 Å². The molecule has 0 aromatic heterocycles. The molecule has 0 aromatic rings. The summed E-state index contributed by atoms with van der Waals surface area (Å²) >= 11 is 0. The Hall–Kier alpha value is -0.570. The van der Waals surface area contributed by atoms with Crippen LogP contribution in [0.4, 0.5) is 0 Å². The molecule has 1 heterocycles. The van der Waals surface area contributed by atoms with Crippen LogP contribution in [-0.4, -0.2) is 36.5 Å². The van der Waals surface area contributed by atoms with Gasteiger partial charge in [-0.2, -0.15) is 0 Å². The number of hydrogen-bond acceptors (Lipinski definition) is 2. The first-order valence-electron chi connectivity index (χ1n) is 6.71. The molecule has 0 aromatic carbocycles. The van der Waals surface area contributed by atoms with Crippen molar-refractivity contribution in [1.29, 1.82) is 0 Å². The minimum absolute atomic E-state index is 0.216. The number of carbonyl (C=O) groups is 1. The molecular weight excluding hydrogens is 200 g/mol. The molecule has 0 aliphatic carbocycles. The number of hydrogen-bond donors (Lipinski definition) is 1. The maximum absolute atomic E-state index is 12.2. The van der Waals surface area contributed by atoms with Crippen LogP contribution in [0.25, 0.3) is 0 Å². The maximum Gasteiger partial charge on any atom is 0.226 e. The quantitative estimate of drug-likeness (QED) is 0.778. The SMILES string of the molecule is CCCCN(CC)C(=O)C1CCC(C)NC1. The Bertz CT molecular complexity index is 203. The zero-order chi connectivity index (χ0) is 12.0. The molecule has 2 unspecified atom stereocenters. The van der Waals surface area contributed by atoms with Gasteiger partial charge in [-0.05, 0) is 33.1 Å². The predicted octanol–water partition coefficient (Wildman–Crippen LogP) is 2.02. The van der Waals surface area contributed by atoms with Crippen molar-refractivity contribution in [3.8, 4) is 0 Å². The van der Waals surface area contributed by atoms with Crippen molar-refractivity contribution in [2.75, 3.05) is 19.6 Å². The number of unbranched alkanes of at least 4 members (excludes halogenated alkanes) is 1. The van der Waals surface area contributed by atoms with Gasteiger partial charge in [-0.25, -0.2) is 0 Å². The Kier molecular flexibility index (Phi) is 5.81. The molecule has 1 amide bonds. The molecule has 0 spiro atoms. The smallest absolute Gasteiger partial charge is 0.226 e. The van der Waals surface area contributed by atoms with Gasteiger partial charge < -0.3 is 10.2 Å². The standard InChI is InChI=1S/C13H26N2O/c1-4-6-9-15(5-2)13(16)12-8-7-11(3)14-10-12/h11-12,14H,4-10H2,1-3H3. The number of nitrogens with zero attached hydrogens (tertiary/aromatic N) is 1. The van der Waals surface area contributed by atoms with Crippen LogP contribution in [0.5, 0.6) is 0 Å². The van der Waals surface area contributed by atoms with E-state index in [1.807, 2.05) is 4.90 Å². The van der Waals surface area contributed by atoms with Gasteiger partial charge in [-0.1, -0.05) is 13.3 Å². The molecule has 94 valence electrons. The Morgan fingerprint density at radius 3 is 2.62 bits per heavy atom. The van der Waals surface area contributed by atoms with Crippen molar-refractivity contribution in [2.45, 2.75) is 52.5 Å². The van der Waals surface area contributed by atoms with Crippen LogP contribution in [0.1, 0.15) is 46.5 Å². The highest BCUT2D eigenvalue weighted by Crippen LogP contribution is 2.17. The highest BCUT2D eigenvalue weighted by molar-refractivity contribution is 5.79. The Morgan fingerprint density at radius 2 is 2.12 bits per heavy atom. The first-order valence-corrected chi connectivity index (χ1v) is 6.71. The van der Waals surface area contributed by atoms with Crippen LogP contribution in [0.2, 0.25) is 0 Å². The van der Waals surface area contributed by atoms with Gasteiger partial charge in [-0.3, -0.25) is 4.79 Å². The number of rotatable bonds is 5. The van der Waals surface area contributed by atoms with Gasteiger partial charge in [0.2, 0.25) is 5.91 Å². The first-order chi connectivity index (χ1) is 7.69. The Balaban J connectivity index is 2.41. The van der Waals surface area contributed by atoms with Gasteiger partial charge in [-0.15, -0.1) is 0 Å². The molecule has 1 fully saturated rings. The van der Waals surface area contributed by atoms with Crippen molar-refractivity contribution < 1.29 is 4.79 Å². The van der Waals surface area contributed by atoms with Crippen LogP contribution >= 0.6 is 0 Å². The number of nitrogens with one attached hydrogen (secondary N) is 1. The lowest BCUT2D eigenvalue weighted by atomic mass is 9.94. The van der Waals surface area contributed by atoms with Crippen molar-refractivity contribution in [2.24, 2.45) is 5.92 Å². The second kappa shape index (κ2) is 6.89. The van der Waals surface area contributed by atoms with Crippen LogP contribution in [0.15, 0.2) is 0 Å². The number of amides is 1. The van der Waals surface area contributed by atoms with Crippen molar-refractivity contribution in [3.63, 3.8) is 0 Å². The summed E-state index contributed by atoms with van der Waals surface area (Å²) < 4.78 is 0. The fourth-order valence-corrected chi connectivity index (χ4v) is 2.24. The molecular formula is C13H26N2O. The normalized spacial score (nSPS) is 25.4. The maximum atomic E-state index is 12.2. The van der Waals surface area contributed by atoms with Gasteiger partial charge >= 0.3 is 0 Å². The van der Waals surface area contributed by atoms with E-state index >= 15 is 0 Å². The van der Waals surface area contributed by atoms with E-state index in [4.69, 9.17) is 0 Å². The number of piperidine rings is 1. The molecule has 0 radical (unpaired) electrons. The van der Waals surface area contributed by atoms with Gasteiger partial charge in [0.15, 0.2) is 0 Å². The largest absolute Gasteiger partial charge is 0.343 e. The summed E-state index contributed by atoms with van der Waals surface area (Å²) in [7, 11) is 0. The van der Waals surface area contributed by atoms with E-state index < -0.39 is 0 Å². The molecule has 3 nitrogen and oxygen atoms in total. The van der Waals surface area contributed by atoms with E-state index in [-0.39, 0.29) is 5.92 Å². The minimum atomic E-state index is 0.216. The molecule has 1 N–H and O–H groups in total. The zero-order valence-electron chi connectivity index (χ0n) is 11.0. The first kappa shape index (κ1) is 13.5. The summed E-state index contributed by atoms with van der Waals surface area (Å²) in [4.78, 5) is 14.2. The summed E-state index contributed by atoms with van der Waals surface area (Å²) in [6.07, 6.45) is 4.46. The minimum Gasteiger partial charge on any atom is -0.343 e. The molecule has 1 saturated heterocycles. The van der Waals surface area contributed by atoms with Crippen LogP contribution in [0.3, 0.4) is 0 Å². The lowest BCUT2D eigenvalue weighted by molar-refractivity contribution is -0.136. The lowest BCUT2D eigenvalue weighted by Crippen LogP contribution is -2.45. The fourth-order valence-electron chi connectivity index (χ4n) is 2.24. The third-order valence-electron chi connectivity index (χ3n) is 3.49. The molecule has 3 heteroatoms. The third kappa shape index (κ3) is 3.78. The molecule has 16 heavy (non-hydrogen) atoms. The van der Waals surface area contributed by atoms with Crippen molar-refractivity contribution in [3.05, 3.63) is 0 Å². The average Bonchev–Trinajstić information content (AvgIpc) is 2.30. The third-order valence-corrected chi connectivity index (χ3v) is 3.49. The summed E-state index contributed by atoms with van der Waals surface area (Å²) in [5, 5.41) is 3.40. The predicted molar refractivity (Wildman–Crippen MR) is 67.4 cm³/mol. The molecule has 2 atom stereocenters. The molecule has 1 rings (SSSR count). The van der Waals surface area contributed by atoms with Gasteiger partial charge in [0, 0.05) is 25.7 Å². The average molecular weight is 226 g/mol. The summed E-state index contributed by atoms with van der Waals surface area (Å²) in [5.41, 5.74) is 0. The van der Waals surface area contributed by atoms with E-state index in [1.54, 1.807) is 0 Å². The molecule has 1 aliphatic rings. The van der Waals surface area contributed by atoms with Crippen LogP contribution in [0, 0.1) is 5.92 Å². The second-order valence-electron chi connectivity index (χ2n) is 4.86. The zero-order valence-corrected chi connectivity index (χ0v) is 11.0. The number of carbonyl (C=O) groups excluding carboxylic acids is 1. The van der Waals surface area contributed by atoms with E-state index in [1.165, 1.54) is 0 Å². The van der Waals surface area contributed by atoms with E-state index in [0.717, 1.165) is 45.3 Å². The van der Waals surface area contributed by atoms with E-state index in [2.05, 4.69) is 26.1 Å². The highest BCUT2D eigenvalue weighted by atomic mass is 16.2. The van der Waals surface area contributed by atoms with E-state index in [0.29, 0.717) is 11.9 Å². The van der Waals surface area contributed by atoms with Gasteiger partial charge in [0.1, 0.15) is 0 Å². The Labute approximate surface area is 99.6 Å². The van der Waals surface area contributed by atoms with E-state index in [9.17, 15) is 4.79 Å². The van der Waals surface area contributed by atoms with Gasteiger partial charge in [0.05, 0.1) is 5.92 Å². The monoisotopic (exact) mass is 226 g/mol. The molecule has 0 bridgehead atoms. The fraction of sp³-hybridized carbons (Fsp3) is 0.923. The highest BCUT2D eigenvalue weighted by Gasteiger charge is 2.26. The Morgan fingerprint density at radius 1 is 1.38 bits per heavy atom. The lowest BCUT2D eigenvalue weighted by Gasteiger charge is -2.31.